The van der Waals surface area contributed by atoms with Gasteiger partial charge in [-0.2, -0.15) is 0 Å². The van der Waals surface area contributed by atoms with Gasteiger partial charge in [-0.05, 0) is 0 Å². The Morgan fingerprint density at radius 1 is 1.17 bits per heavy atom. The maximum absolute atomic E-state index is 2.53. The molecule has 4 heteroatoms. The first-order chi connectivity index (χ1) is 8.52. The van der Waals surface area contributed by atoms with Crippen LogP contribution in [0, 0.1) is 0 Å². The zero-order valence-electron chi connectivity index (χ0n) is 11.4. The molecule has 3 aromatic heterocycles. The Morgan fingerprint density at radius 2 is 1.94 bits per heavy atom. The van der Waals surface area contributed by atoms with Crippen molar-refractivity contribution in [2.24, 2.45) is 0 Å². The van der Waals surface area contributed by atoms with Crippen LogP contribution in [-0.4, -0.2) is 22.9 Å². The van der Waals surface area contributed by atoms with Crippen LogP contribution in [0.5, 0.6) is 0 Å². The third kappa shape index (κ3) is 1.95. The van der Waals surface area contributed by atoms with Gasteiger partial charge in [0.25, 0.3) is 0 Å². The molecule has 18 heavy (non-hydrogen) atoms. The second kappa shape index (κ2) is 4.53. The van der Waals surface area contributed by atoms with Gasteiger partial charge >= 0.3 is 121 Å². The average Bonchev–Trinajstić information content (AvgIpc) is 2.93. The zero-order chi connectivity index (χ0) is 12.9. The van der Waals surface area contributed by atoms with Crippen molar-refractivity contribution in [1.29, 1.82) is 0 Å². The third-order valence-corrected chi connectivity index (χ3v) is 14.9. The van der Waals surface area contributed by atoms with Gasteiger partial charge in [0.05, 0.1) is 0 Å². The average molecular weight is 384 g/mol. The Morgan fingerprint density at radius 3 is 2.61 bits per heavy atom. The summed E-state index contributed by atoms with van der Waals surface area (Å²) in [5, 5.41) is 2.23. The molecule has 0 N–H and O–H groups in total. The molecule has 1 nitrogen and oxygen atoms in total. The second-order valence-electron chi connectivity index (χ2n) is 5.86. The Labute approximate surface area is 120 Å². The predicted octanol–water partition coefficient (Wildman–Crippen LogP) is 4.87. The molecule has 96 valence electrons. The van der Waals surface area contributed by atoms with Gasteiger partial charge in [0, 0.05) is 0 Å². The monoisotopic (exact) mass is 385 g/mol. The second-order valence-corrected chi connectivity index (χ2v) is 23.2. The number of aryl methyl sites for hydroxylation is 1. The maximum atomic E-state index is 2.53. The molecule has 0 aromatic carbocycles. The Bertz CT molecular complexity index is 696. The van der Waals surface area contributed by atoms with Crippen molar-refractivity contribution < 1.29 is 0 Å². The van der Waals surface area contributed by atoms with Crippen LogP contribution in [0.15, 0.2) is 17.5 Å². The summed E-state index contributed by atoms with van der Waals surface area (Å²) in [6.07, 6.45) is 1.21. The van der Waals surface area contributed by atoms with Crippen molar-refractivity contribution in [2.75, 3.05) is 0 Å². The van der Waals surface area contributed by atoms with E-state index in [9.17, 15) is 0 Å². The molecule has 3 rings (SSSR count). The fraction of sp³-hybridized carbons (Fsp3) is 0.429. The number of fused-ring (bicyclic) bond motifs is 3. The van der Waals surface area contributed by atoms with E-state index < -0.39 is 18.4 Å². The van der Waals surface area contributed by atoms with Crippen LogP contribution in [0.2, 0.25) is 14.8 Å². The fourth-order valence-electron chi connectivity index (χ4n) is 2.39. The van der Waals surface area contributed by atoms with Crippen LogP contribution in [0.25, 0.3) is 20.4 Å². The van der Waals surface area contributed by atoms with E-state index >= 15 is 0 Å². The molecule has 0 spiro atoms. The van der Waals surface area contributed by atoms with Crippen molar-refractivity contribution in [3.63, 3.8) is 0 Å². The number of rotatable bonds is 3. The van der Waals surface area contributed by atoms with Crippen LogP contribution in [-0.2, 0) is 6.54 Å². The summed E-state index contributed by atoms with van der Waals surface area (Å²) in [6, 6.07) is 4.78. The topological polar surface area (TPSA) is 4.93 Å². The first-order valence-electron chi connectivity index (χ1n) is 6.52. The molecule has 0 fully saturated rings. The fourth-order valence-corrected chi connectivity index (χ4v) is 9.80. The number of aromatic nitrogens is 1. The van der Waals surface area contributed by atoms with E-state index in [0.717, 1.165) is 6.54 Å². The number of hydrogen-bond acceptors (Lipinski definition) is 2. The number of thiophene rings is 2. The molecule has 0 unspecified atom stereocenters. The molecule has 0 radical (unpaired) electrons. The minimum atomic E-state index is -1.92. The van der Waals surface area contributed by atoms with Gasteiger partial charge in [-0.1, -0.05) is 0 Å². The van der Waals surface area contributed by atoms with E-state index in [0.29, 0.717) is 0 Å². The quantitative estimate of drug-likeness (QED) is 0.568. The van der Waals surface area contributed by atoms with Gasteiger partial charge in [0.15, 0.2) is 0 Å². The first kappa shape index (κ1) is 13.0. The van der Waals surface area contributed by atoms with E-state index in [1.807, 2.05) is 11.3 Å². The van der Waals surface area contributed by atoms with Gasteiger partial charge in [0.2, 0.25) is 0 Å². The van der Waals surface area contributed by atoms with Gasteiger partial charge in [-0.15, -0.1) is 0 Å². The van der Waals surface area contributed by atoms with Crippen LogP contribution in [0.1, 0.15) is 13.3 Å². The minimum absolute atomic E-state index is 1.15. The van der Waals surface area contributed by atoms with Crippen molar-refractivity contribution >= 4 is 64.4 Å². The molecule has 0 aliphatic rings. The summed E-state index contributed by atoms with van der Waals surface area (Å²) in [5.74, 6) is 0. The van der Waals surface area contributed by atoms with E-state index in [1.165, 1.54) is 26.9 Å². The molecule has 3 heterocycles. The number of hydrogen-bond donors (Lipinski definition) is 0. The van der Waals surface area contributed by atoms with Crippen LogP contribution < -0.4 is 2.89 Å². The van der Waals surface area contributed by atoms with Crippen LogP contribution in [0.3, 0.4) is 0 Å². The zero-order valence-corrected chi connectivity index (χ0v) is 15.9. The molecule has 0 aliphatic heterocycles. The standard InChI is InChI=1S/C11H10NS2.3CH3.Sn/c1-2-5-12-8-3-6-13-10(8)11-9(12)4-7-14-11;;;;/h3-4,6H,2,5H2,1H3;3*1H3;. The molecule has 0 saturated heterocycles. The van der Waals surface area contributed by atoms with Gasteiger partial charge in [-0.3, -0.25) is 0 Å². The van der Waals surface area contributed by atoms with Crippen molar-refractivity contribution in [2.45, 2.75) is 34.7 Å². The summed E-state index contributed by atoms with van der Waals surface area (Å²) in [5.41, 5.74) is 2.93. The van der Waals surface area contributed by atoms with E-state index in [1.54, 1.807) is 2.89 Å². The van der Waals surface area contributed by atoms with Crippen molar-refractivity contribution in [1.82, 2.24) is 4.57 Å². The molecule has 0 aliphatic carbocycles. The predicted molar refractivity (Wildman–Crippen MR) is 88.5 cm³/mol. The number of nitrogens with zero attached hydrogens (tertiary/aromatic N) is 1. The summed E-state index contributed by atoms with van der Waals surface area (Å²) < 4.78 is 7.27. The Hall–Kier alpha value is -0.00130. The van der Waals surface area contributed by atoms with E-state index in [-0.39, 0.29) is 0 Å². The van der Waals surface area contributed by atoms with Gasteiger partial charge in [0.1, 0.15) is 0 Å². The summed E-state index contributed by atoms with van der Waals surface area (Å²) in [6.45, 7) is 3.41. The van der Waals surface area contributed by atoms with E-state index in [4.69, 9.17) is 0 Å². The van der Waals surface area contributed by atoms with Gasteiger partial charge < -0.3 is 0 Å². The third-order valence-electron chi connectivity index (χ3n) is 3.33. The molecule has 3 aromatic rings. The molecule has 0 bridgehead atoms. The molecular formula is C14H19NS2Sn. The summed E-state index contributed by atoms with van der Waals surface area (Å²) in [4.78, 5) is 7.53. The summed E-state index contributed by atoms with van der Waals surface area (Å²) in [7, 11) is 0. The van der Waals surface area contributed by atoms with Crippen molar-refractivity contribution in [3.05, 3.63) is 17.5 Å². The molecule has 0 saturated carbocycles. The Balaban J connectivity index is 2.32. The first-order valence-corrected chi connectivity index (χ1v) is 18.2. The molecule has 0 atom stereocenters. The van der Waals surface area contributed by atoms with Crippen molar-refractivity contribution in [3.8, 4) is 0 Å². The van der Waals surface area contributed by atoms with E-state index in [2.05, 4.69) is 55.2 Å². The SMILES string of the molecule is CCCn1c2ccsc2c2s[c]([Sn]([CH3])([CH3])[CH3])cc21. The molecule has 0 amide bonds. The normalized spacial score (nSPS) is 12.9. The van der Waals surface area contributed by atoms with Gasteiger partial charge in [-0.25, -0.2) is 0 Å². The summed E-state index contributed by atoms with van der Waals surface area (Å²) >= 11 is 2.05. The van der Waals surface area contributed by atoms with Crippen LogP contribution >= 0.6 is 22.7 Å². The Kier molecular flexibility index (Phi) is 3.27. The molecular weight excluding hydrogens is 365 g/mol. The van der Waals surface area contributed by atoms with Crippen LogP contribution in [0.4, 0.5) is 0 Å².